The number of hydrogen-bond donors (Lipinski definition) is 1. The number of carboxylic acid groups (broad SMARTS) is 1. The summed E-state index contributed by atoms with van der Waals surface area (Å²) >= 11 is 0. The number of fused-ring (bicyclic) bond motifs is 1. The SMILES string of the molecule is O=C(O)c1c(F)cnc2ccccc12. The van der Waals surface area contributed by atoms with E-state index >= 15 is 0 Å². The largest absolute Gasteiger partial charge is 0.478 e. The standard InChI is InChI=1S/C10H6FNO2/c11-7-5-12-8-4-2-1-3-6(8)9(7)10(13)14/h1-5H,(H,13,14). The third-order valence-corrected chi connectivity index (χ3v) is 1.94. The first-order chi connectivity index (χ1) is 6.70. The number of nitrogens with zero attached hydrogens (tertiary/aromatic N) is 1. The minimum Gasteiger partial charge on any atom is -0.478 e. The summed E-state index contributed by atoms with van der Waals surface area (Å²) in [6.07, 6.45) is 0.922. The lowest BCUT2D eigenvalue weighted by molar-refractivity contribution is 0.0694. The Bertz CT molecular complexity index is 510. The number of aromatic nitrogens is 1. The van der Waals surface area contributed by atoms with Crippen molar-refractivity contribution in [1.82, 2.24) is 4.98 Å². The monoisotopic (exact) mass is 191 g/mol. The number of pyridine rings is 1. The van der Waals surface area contributed by atoms with E-state index in [1.807, 2.05) is 0 Å². The number of halogens is 1. The van der Waals surface area contributed by atoms with Gasteiger partial charge in [-0.25, -0.2) is 9.18 Å². The van der Waals surface area contributed by atoms with Crippen molar-refractivity contribution < 1.29 is 14.3 Å². The number of aromatic carboxylic acids is 1. The van der Waals surface area contributed by atoms with E-state index in [-0.39, 0.29) is 5.56 Å². The molecule has 0 bridgehead atoms. The molecule has 1 aromatic carbocycles. The summed E-state index contributed by atoms with van der Waals surface area (Å²) in [6, 6.07) is 6.55. The van der Waals surface area contributed by atoms with Gasteiger partial charge in [0.2, 0.25) is 0 Å². The predicted octanol–water partition coefficient (Wildman–Crippen LogP) is 2.07. The van der Waals surface area contributed by atoms with Gasteiger partial charge in [0.15, 0.2) is 5.82 Å². The summed E-state index contributed by atoms with van der Waals surface area (Å²) in [6.45, 7) is 0. The van der Waals surface area contributed by atoms with Gasteiger partial charge in [0.1, 0.15) is 5.56 Å². The van der Waals surface area contributed by atoms with E-state index in [0.29, 0.717) is 10.9 Å². The van der Waals surface area contributed by atoms with Crippen molar-refractivity contribution in [3.63, 3.8) is 0 Å². The third-order valence-electron chi connectivity index (χ3n) is 1.94. The van der Waals surface area contributed by atoms with Gasteiger partial charge in [0, 0.05) is 5.39 Å². The Balaban J connectivity index is 2.90. The van der Waals surface area contributed by atoms with Crippen LogP contribution in [0.2, 0.25) is 0 Å². The molecule has 0 aliphatic rings. The first kappa shape index (κ1) is 8.62. The van der Waals surface area contributed by atoms with Gasteiger partial charge < -0.3 is 5.11 Å². The Morgan fingerprint density at radius 2 is 2.07 bits per heavy atom. The fraction of sp³-hybridized carbons (Fsp3) is 0. The van der Waals surface area contributed by atoms with Gasteiger partial charge in [-0.2, -0.15) is 0 Å². The van der Waals surface area contributed by atoms with Crippen LogP contribution in [0.15, 0.2) is 30.5 Å². The third kappa shape index (κ3) is 1.21. The molecule has 2 aromatic rings. The zero-order valence-electron chi connectivity index (χ0n) is 7.07. The maximum absolute atomic E-state index is 13.1. The van der Waals surface area contributed by atoms with Crippen LogP contribution in [-0.4, -0.2) is 16.1 Å². The smallest absolute Gasteiger partial charge is 0.339 e. The van der Waals surface area contributed by atoms with Crippen LogP contribution in [-0.2, 0) is 0 Å². The molecule has 1 heterocycles. The first-order valence-electron chi connectivity index (χ1n) is 3.96. The van der Waals surface area contributed by atoms with Gasteiger partial charge in [-0.1, -0.05) is 18.2 Å². The van der Waals surface area contributed by atoms with Crippen LogP contribution < -0.4 is 0 Å². The number of carboxylic acids is 1. The van der Waals surface area contributed by atoms with Crippen LogP contribution in [0.1, 0.15) is 10.4 Å². The second-order valence-corrected chi connectivity index (χ2v) is 2.80. The summed E-state index contributed by atoms with van der Waals surface area (Å²) in [5, 5.41) is 9.12. The maximum Gasteiger partial charge on any atom is 0.339 e. The minimum absolute atomic E-state index is 0.319. The highest BCUT2D eigenvalue weighted by Gasteiger charge is 2.14. The van der Waals surface area contributed by atoms with Crippen LogP contribution in [0.4, 0.5) is 4.39 Å². The second-order valence-electron chi connectivity index (χ2n) is 2.80. The molecule has 1 N–H and O–H groups in total. The molecular weight excluding hydrogens is 185 g/mol. The first-order valence-corrected chi connectivity index (χ1v) is 3.96. The molecule has 0 radical (unpaired) electrons. The number of carbonyl (C=O) groups is 1. The van der Waals surface area contributed by atoms with E-state index in [1.54, 1.807) is 18.2 Å². The minimum atomic E-state index is -1.28. The Kier molecular flexibility index (Phi) is 1.89. The lowest BCUT2D eigenvalue weighted by Crippen LogP contribution is -2.02. The molecule has 70 valence electrons. The van der Waals surface area contributed by atoms with E-state index in [9.17, 15) is 9.18 Å². The van der Waals surface area contributed by atoms with Crippen molar-refractivity contribution in [2.45, 2.75) is 0 Å². The van der Waals surface area contributed by atoms with E-state index in [2.05, 4.69) is 4.98 Å². The highest BCUT2D eigenvalue weighted by Crippen LogP contribution is 2.18. The van der Waals surface area contributed by atoms with Crippen LogP contribution >= 0.6 is 0 Å². The van der Waals surface area contributed by atoms with Gasteiger partial charge >= 0.3 is 5.97 Å². The normalized spacial score (nSPS) is 10.4. The van der Waals surface area contributed by atoms with Gasteiger partial charge in [0.25, 0.3) is 0 Å². The van der Waals surface area contributed by atoms with Gasteiger partial charge in [-0.15, -0.1) is 0 Å². The molecule has 1 aromatic heterocycles. The molecule has 0 amide bonds. The van der Waals surface area contributed by atoms with Crippen molar-refractivity contribution in [3.05, 3.63) is 41.8 Å². The molecule has 0 saturated carbocycles. The maximum atomic E-state index is 13.1. The van der Waals surface area contributed by atoms with Crippen molar-refractivity contribution in [3.8, 4) is 0 Å². The highest BCUT2D eigenvalue weighted by molar-refractivity contribution is 6.02. The highest BCUT2D eigenvalue weighted by atomic mass is 19.1. The van der Waals surface area contributed by atoms with Crippen molar-refractivity contribution >= 4 is 16.9 Å². The molecule has 2 rings (SSSR count). The average molecular weight is 191 g/mol. The lowest BCUT2D eigenvalue weighted by atomic mass is 10.1. The molecule has 0 unspecified atom stereocenters. The summed E-state index contributed by atoms with van der Waals surface area (Å²) in [4.78, 5) is 14.6. The van der Waals surface area contributed by atoms with Crippen molar-refractivity contribution in [2.24, 2.45) is 0 Å². The second kappa shape index (κ2) is 3.06. The van der Waals surface area contributed by atoms with Crippen LogP contribution in [0.3, 0.4) is 0 Å². The molecule has 14 heavy (non-hydrogen) atoms. The van der Waals surface area contributed by atoms with Crippen molar-refractivity contribution in [2.75, 3.05) is 0 Å². The number of rotatable bonds is 1. The molecule has 3 nitrogen and oxygen atoms in total. The molecule has 0 spiro atoms. The van der Waals surface area contributed by atoms with Crippen LogP contribution in [0.25, 0.3) is 10.9 Å². The van der Waals surface area contributed by atoms with Crippen LogP contribution in [0, 0.1) is 5.82 Å². The Morgan fingerprint density at radius 1 is 1.36 bits per heavy atom. The summed E-state index contributed by atoms with van der Waals surface area (Å²) in [7, 11) is 0. The zero-order chi connectivity index (χ0) is 10.1. The Labute approximate surface area is 78.8 Å². The fourth-order valence-electron chi connectivity index (χ4n) is 1.33. The van der Waals surface area contributed by atoms with E-state index in [0.717, 1.165) is 6.20 Å². The van der Waals surface area contributed by atoms with Gasteiger partial charge in [-0.05, 0) is 6.07 Å². The van der Waals surface area contributed by atoms with Gasteiger partial charge in [0.05, 0.1) is 11.7 Å². The van der Waals surface area contributed by atoms with Gasteiger partial charge in [-0.3, -0.25) is 4.98 Å². The predicted molar refractivity (Wildman–Crippen MR) is 48.7 cm³/mol. The van der Waals surface area contributed by atoms with E-state index in [1.165, 1.54) is 6.07 Å². The quantitative estimate of drug-likeness (QED) is 0.750. The number of para-hydroxylation sites is 1. The number of benzene rings is 1. The Morgan fingerprint density at radius 3 is 2.79 bits per heavy atom. The summed E-state index contributed by atoms with van der Waals surface area (Å²) < 4.78 is 13.1. The average Bonchev–Trinajstić information content (AvgIpc) is 2.17. The molecule has 0 aliphatic carbocycles. The zero-order valence-corrected chi connectivity index (χ0v) is 7.07. The van der Waals surface area contributed by atoms with E-state index < -0.39 is 11.8 Å². The molecule has 4 heteroatoms. The topological polar surface area (TPSA) is 50.2 Å². The fourth-order valence-corrected chi connectivity index (χ4v) is 1.33. The molecule has 0 fully saturated rings. The molecule has 0 saturated heterocycles. The molecule has 0 atom stereocenters. The van der Waals surface area contributed by atoms with Crippen molar-refractivity contribution in [1.29, 1.82) is 0 Å². The van der Waals surface area contributed by atoms with E-state index in [4.69, 9.17) is 5.11 Å². The molecular formula is C10H6FNO2. The molecule has 0 aliphatic heterocycles. The lowest BCUT2D eigenvalue weighted by Gasteiger charge is -2.01. The summed E-state index contributed by atoms with van der Waals surface area (Å²) in [5.74, 6) is -2.09. The van der Waals surface area contributed by atoms with Crippen LogP contribution in [0.5, 0.6) is 0 Å². The summed E-state index contributed by atoms with van der Waals surface area (Å²) in [5.41, 5.74) is 0.155. The Hall–Kier alpha value is -1.97. The number of hydrogen-bond acceptors (Lipinski definition) is 2.